The number of hydrogen-bond donors (Lipinski definition) is 3. The number of imidazole rings is 1. The van der Waals surface area contributed by atoms with Crippen LogP contribution < -0.4 is 5.32 Å². The Hall–Kier alpha value is -2.95. The largest absolute Gasteiger partial charge is 0.394 e. The fourth-order valence-corrected chi connectivity index (χ4v) is 3.25. The molecule has 2 aromatic heterocycles. The average molecular weight is 387 g/mol. The Bertz CT molecular complexity index is 1010. The number of aliphatic hydroxyl groups excluding tert-OH is 2. The minimum absolute atomic E-state index is 0.162. The summed E-state index contributed by atoms with van der Waals surface area (Å²) in [6.07, 6.45) is -1.33. The molecule has 1 fully saturated rings. The molecule has 1 amide bonds. The van der Waals surface area contributed by atoms with E-state index < -0.39 is 30.7 Å². The highest BCUT2D eigenvalue weighted by atomic mass is 19.1. The number of alkyl halides is 1. The molecule has 4 rings (SSSR count). The van der Waals surface area contributed by atoms with E-state index in [0.29, 0.717) is 5.56 Å². The van der Waals surface area contributed by atoms with Crippen LogP contribution in [0, 0.1) is 0 Å². The molecule has 0 bridgehead atoms. The van der Waals surface area contributed by atoms with E-state index in [2.05, 4.69) is 20.3 Å². The molecule has 1 aliphatic rings. The Morgan fingerprint density at radius 1 is 1.32 bits per heavy atom. The van der Waals surface area contributed by atoms with E-state index in [1.54, 1.807) is 30.3 Å². The maximum absolute atomic E-state index is 15.1. The van der Waals surface area contributed by atoms with Gasteiger partial charge in [0, 0.05) is 5.56 Å². The third-order valence-electron chi connectivity index (χ3n) is 4.78. The number of aliphatic hydroxyl groups is 2. The summed E-state index contributed by atoms with van der Waals surface area (Å²) >= 11 is 0. The molecular weight excluding hydrogens is 369 g/mol. The van der Waals surface area contributed by atoms with Crippen molar-refractivity contribution in [1.29, 1.82) is 0 Å². The van der Waals surface area contributed by atoms with Crippen LogP contribution in [-0.4, -0.2) is 60.1 Å². The zero-order valence-electron chi connectivity index (χ0n) is 14.9. The summed E-state index contributed by atoms with van der Waals surface area (Å²) in [4.78, 5) is 24.7. The first kappa shape index (κ1) is 18.4. The van der Waals surface area contributed by atoms with Gasteiger partial charge in [0.2, 0.25) is 0 Å². The minimum Gasteiger partial charge on any atom is -0.394 e. The van der Waals surface area contributed by atoms with Gasteiger partial charge in [-0.3, -0.25) is 9.36 Å². The van der Waals surface area contributed by atoms with E-state index in [1.165, 1.54) is 24.1 Å². The topological polar surface area (TPSA) is 122 Å². The number of benzene rings is 1. The number of rotatable bonds is 4. The standard InChI is InChI=1S/C18H18FN5O4/c1-18(19)13(26)11(7-25)28-17(18)24-9-22-12-14(20-8-21-15(12)24)23-16(27)10-5-3-2-4-6-10/h2-6,8-9,11,13,17,25-26H,7H2,1H3,(H,20,21,23,27)/t11?,13?,17?,18-/m1/s1. The Balaban J connectivity index is 1.69. The van der Waals surface area contributed by atoms with Gasteiger partial charge in [-0.15, -0.1) is 0 Å². The average Bonchev–Trinajstić information content (AvgIpc) is 3.22. The van der Waals surface area contributed by atoms with E-state index in [9.17, 15) is 15.0 Å². The normalized spacial score (nSPS) is 27.2. The third-order valence-corrected chi connectivity index (χ3v) is 4.78. The third kappa shape index (κ3) is 2.91. The highest BCUT2D eigenvalue weighted by Crippen LogP contribution is 2.42. The number of ether oxygens (including phenoxy) is 1. The molecule has 0 radical (unpaired) electrons. The van der Waals surface area contributed by atoms with Crippen LogP contribution in [0.25, 0.3) is 11.2 Å². The first-order chi connectivity index (χ1) is 13.4. The molecular formula is C18H18FN5O4. The molecule has 9 nitrogen and oxygen atoms in total. The van der Waals surface area contributed by atoms with Gasteiger partial charge in [-0.1, -0.05) is 18.2 Å². The Morgan fingerprint density at radius 2 is 2.07 bits per heavy atom. The molecule has 146 valence electrons. The van der Waals surface area contributed by atoms with Crippen molar-refractivity contribution in [3.05, 3.63) is 48.5 Å². The number of carbonyl (C=O) groups is 1. The van der Waals surface area contributed by atoms with Crippen LogP contribution in [0.3, 0.4) is 0 Å². The molecule has 3 aromatic rings. The van der Waals surface area contributed by atoms with Crippen molar-refractivity contribution in [2.24, 2.45) is 0 Å². The number of nitrogens with one attached hydrogen (secondary N) is 1. The van der Waals surface area contributed by atoms with Crippen molar-refractivity contribution in [1.82, 2.24) is 19.5 Å². The molecule has 0 aliphatic carbocycles. The molecule has 1 aromatic carbocycles. The van der Waals surface area contributed by atoms with Crippen molar-refractivity contribution in [3.63, 3.8) is 0 Å². The lowest BCUT2D eigenvalue weighted by Gasteiger charge is -2.24. The molecule has 1 saturated heterocycles. The van der Waals surface area contributed by atoms with Gasteiger partial charge in [0.25, 0.3) is 5.91 Å². The maximum Gasteiger partial charge on any atom is 0.256 e. The Morgan fingerprint density at radius 3 is 2.75 bits per heavy atom. The Labute approximate surface area is 158 Å². The van der Waals surface area contributed by atoms with Gasteiger partial charge in [-0.25, -0.2) is 19.3 Å². The van der Waals surface area contributed by atoms with E-state index in [4.69, 9.17) is 4.74 Å². The number of fused-ring (bicyclic) bond motifs is 1. The molecule has 3 N–H and O–H groups in total. The Kier molecular flexibility index (Phi) is 4.53. The summed E-state index contributed by atoms with van der Waals surface area (Å²) < 4.78 is 21.9. The zero-order chi connectivity index (χ0) is 19.9. The van der Waals surface area contributed by atoms with Crippen LogP contribution in [0.1, 0.15) is 23.5 Å². The first-order valence-corrected chi connectivity index (χ1v) is 8.60. The molecule has 1 aliphatic heterocycles. The van der Waals surface area contributed by atoms with Crippen LogP contribution in [0.2, 0.25) is 0 Å². The zero-order valence-corrected chi connectivity index (χ0v) is 14.9. The molecule has 10 heteroatoms. The highest BCUT2D eigenvalue weighted by Gasteiger charge is 2.55. The number of carbonyl (C=O) groups excluding carboxylic acids is 1. The van der Waals surface area contributed by atoms with E-state index in [-0.39, 0.29) is 22.9 Å². The number of aromatic nitrogens is 4. The lowest BCUT2D eigenvalue weighted by Crippen LogP contribution is -2.40. The summed E-state index contributed by atoms with van der Waals surface area (Å²) in [7, 11) is 0. The second kappa shape index (κ2) is 6.89. The molecule has 3 unspecified atom stereocenters. The summed E-state index contributed by atoms with van der Waals surface area (Å²) in [5.41, 5.74) is -1.27. The maximum atomic E-state index is 15.1. The van der Waals surface area contributed by atoms with Crippen LogP contribution >= 0.6 is 0 Å². The predicted molar refractivity (Wildman–Crippen MR) is 96.2 cm³/mol. The number of anilines is 1. The van der Waals surface area contributed by atoms with Crippen molar-refractivity contribution in [2.45, 2.75) is 31.0 Å². The summed E-state index contributed by atoms with van der Waals surface area (Å²) in [5.74, 6) is -0.214. The second-order valence-corrected chi connectivity index (χ2v) is 6.67. The fraction of sp³-hybridized carbons (Fsp3) is 0.333. The van der Waals surface area contributed by atoms with Crippen molar-refractivity contribution in [3.8, 4) is 0 Å². The van der Waals surface area contributed by atoms with Crippen molar-refractivity contribution >= 4 is 22.9 Å². The molecule has 28 heavy (non-hydrogen) atoms. The van der Waals surface area contributed by atoms with Gasteiger partial charge >= 0.3 is 0 Å². The van der Waals surface area contributed by atoms with Crippen LogP contribution in [0.15, 0.2) is 43.0 Å². The van der Waals surface area contributed by atoms with Gasteiger partial charge in [0.15, 0.2) is 28.9 Å². The lowest BCUT2D eigenvalue weighted by atomic mass is 9.98. The monoisotopic (exact) mass is 387 g/mol. The van der Waals surface area contributed by atoms with Gasteiger partial charge in [-0.2, -0.15) is 0 Å². The van der Waals surface area contributed by atoms with Gasteiger partial charge < -0.3 is 20.3 Å². The highest BCUT2D eigenvalue weighted by molar-refractivity contribution is 6.06. The van der Waals surface area contributed by atoms with Crippen molar-refractivity contribution < 1.29 is 24.1 Å². The molecule has 4 atom stereocenters. The lowest BCUT2D eigenvalue weighted by molar-refractivity contribution is -0.0566. The predicted octanol–water partition coefficient (Wildman–Crippen LogP) is 1.06. The summed E-state index contributed by atoms with van der Waals surface area (Å²) in [5, 5.41) is 22.0. The minimum atomic E-state index is -2.18. The van der Waals surface area contributed by atoms with E-state index >= 15 is 4.39 Å². The van der Waals surface area contributed by atoms with Gasteiger partial charge in [-0.05, 0) is 19.1 Å². The smallest absolute Gasteiger partial charge is 0.256 e. The van der Waals surface area contributed by atoms with Crippen molar-refractivity contribution in [2.75, 3.05) is 11.9 Å². The number of hydrogen-bond acceptors (Lipinski definition) is 7. The number of halogens is 1. The van der Waals surface area contributed by atoms with Crippen LogP contribution in [-0.2, 0) is 4.74 Å². The summed E-state index contributed by atoms with van der Waals surface area (Å²) in [6.45, 7) is 0.653. The fourth-order valence-electron chi connectivity index (χ4n) is 3.25. The van der Waals surface area contributed by atoms with Crippen LogP contribution in [0.4, 0.5) is 10.2 Å². The SMILES string of the molecule is C[C@@]1(F)C(O)C(CO)OC1n1cnc2c(NC(=O)c3ccccc3)ncnc21. The summed E-state index contributed by atoms with van der Waals surface area (Å²) in [6, 6.07) is 8.58. The van der Waals surface area contributed by atoms with E-state index in [0.717, 1.165) is 0 Å². The number of nitrogens with zero attached hydrogens (tertiary/aromatic N) is 4. The van der Waals surface area contributed by atoms with Gasteiger partial charge in [0.05, 0.1) is 12.9 Å². The van der Waals surface area contributed by atoms with E-state index in [1.807, 2.05) is 0 Å². The molecule has 3 heterocycles. The quantitative estimate of drug-likeness (QED) is 0.612. The molecule has 0 spiro atoms. The van der Waals surface area contributed by atoms with Crippen LogP contribution in [0.5, 0.6) is 0 Å². The first-order valence-electron chi connectivity index (χ1n) is 8.60. The molecule has 0 saturated carbocycles. The second-order valence-electron chi connectivity index (χ2n) is 6.67. The number of amides is 1. The van der Waals surface area contributed by atoms with Gasteiger partial charge in [0.1, 0.15) is 18.5 Å².